The van der Waals surface area contributed by atoms with Crippen LogP contribution in [0.2, 0.25) is 0 Å². The first-order valence-electron chi connectivity index (χ1n) is 10.5. The van der Waals surface area contributed by atoms with Crippen molar-refractivity contribution in [3.8, 4) is 6.07 Å². The van der Waals surface area contributed by atoms with Crippen LogP contribution in [0.3, 0.4) is 0 Å². The predicted octanol–water partition coefficient (Wildman–Crippen LogP) is 4.26. The second-order valence-electron chi connectivity index (χ2n) is 7.66. The van der Waals surface area contributed by atoms with Crippen LogP contribution in [-0.2, 0) is 6.54 Å². The molecule has 0 radical (unpaired) electrons. The number of aromatic amines is 1. The number of carbonyl (C=O) groups is 1. The standard InChI is InChI=1S/C24H24FN5O/c1-2-30(24(31)23-28-21-11-8-17(14-26)12-22(21)29-23)20-5-3-4-19(13-20)27-15-16-6-9-18(25)10-7-16/h4,6-12,20,27H,2-3,5,13,15H2,1H3,(H,28,29)/t20-/m0/s1. The fraction of sp³-hybridized carbons (Fsp3) is 0.292. The Morgan fingerprint density at radius 3 is 2.87 bits per heavy atom. The molecular formula is C24H24FN5O. The number of carbonyl (C=O) groups excluding carboxylic acids is 1. The van der Waals surface area contributed by atoms with Gasteiger partial charge in [0, 0.05) is 31.2 Å². The average Bonchev–Trinajstić information content (AvgIpc) is 3.23. The molecule has 1 aliphatic rings. The number of allylic oxidation sites excluding steroid dienone is 1. The maximum absolute atomic E-state index is 13.2. The van der Waals surface area contributed by atoms with Crippen LogP contribution in [-0.4, -0.2) is 33.4 Å². The van der Waals surface area contributed by atoms with Crippen LogP contribution in [0, 0.1) is 17.1 Å². The van der Waals surface area contributed by atoms with Gasteiger partial charge in [-0.3, -0.25) is 4.79 Å². The second kappa shape index (κ2) is 9.00. The van der Waals surface area contributed by atoms with Crippen molar-refractivity contribution in [3.05, 3.63) is 77.0 Å². The van der Waals surface area contributed by atoms with Gasteiger partial charge in [0.05, 0.1) is 22.7 Å². The Morgan fingerprint density at radius 2 is 2.13 bits per heavy atom. The number of nitriles is 1. The van der Waals surface area contributed by atoms with Crippen molar-refractivity contribution in [3.63, 3.8) is 0 Å². The zero-order valence-corrected chi connectivity index (χ0v) is 17.4. The Kier molecular flexibility index (Phi) is 5.99. The van der Waals surface area contributed by atoms with Crippen molar-refractivity contribution < 1.29 is 9.18 Å². The first-order valence-corrected chi connectivity index (χ1v) is 10.5. The highest BCUT2D eigenvalue weighted by molar-refractivity contribution is 5.94. The number of fused-ring (bicyclic) bond motifs is 1. The molecule has 0 saturated carbocycles. The smallest absolute Gasteiger partial charge is 0.289 e. The summed E-state index contributed by atoms with van der Waals surface area (Å²) in [6, 6.07) is 13.8. The lowest BCUT2D eigenvalue weighted by Crippen LogP contribution is -2.42. The molecule has 0 saturated heterocycles. The number of H-pyrrole nitrogens is 1. The summed E-state index contributed by atoms with van der Waals surface area (Å²) in [6.07, 6.45) is 4.68. The fourth-order valence-corrected chi connectivity index (χ4v) is 4.00. The van der Waals surface area contributed by atoms with Gasteiger partial charge in [-0.25, -0.2) is 9.37 Å². The van der Waals surface area contributed by atoms with Crippen LogP contribution < -0.4 is 5.32 Å². The highest BCUT2D eigenvalue weighted by atomic mass is 19.1. The summed E-state index contributed by atoms with van der Waals surface area (Å²) in [7, 11) is 0. The van der Waals surface area contributed by atoms with Gasteiger partial charge >= 0.3 is 0 Å². The lowest BCUT2D eigenvalue weighted by atomic mass is 9.97. The van der Waals surface area contributed by atoms with Gasteiger partial charge in [-0.2, -0.15) is 5.26 Å². The number of amides is 1. The number of rotatable bonds is 6. The van der Waals surface area contributed by atoms with Crippen LogP contribution in [0.4, 0.5) is 4.39 Å². The molecule has 4 rings (SSSR count). The van der Waals surface area contributed by atoms with E-state index in [9.17, 15) is 9.18 Å². The van der Waals surface area contributed by atoms with Crippen molar-refractivity contribution >= 4 is 16.9 Å². The molecule has 0 unspecified atom stereocenters. The van der Waals surface area contributed by atoms with Crippen molar-refractivity contribution in [2.45, 2.75) is 38.8 Å². The number of imidazole rings is 1. The Balaban J connectivity index is 1.44. The van der Waals surface area contributed by atoms with Gasteiger partial charge in [0.15, 0.2) is 5.82 Å². The molecule has 1 atom stereocenters. The van der Waals surface area contributed by atoms with Gasteiger partial charge in [-0.05, 0) is 55.7 Å². The van der Waals surface area contributed by atoms with Crippen molar-refractivity contribution in [2.24, 2.45) is 0 Å². The minimum absolute atomic E-state index is 0.0705. The van der Waals surface area contributed by atoms with Crippen LogP contribution in [0.1, 0.15) is 47.9 Å². The number of nitrogens with one attached hydrogen (secondary N) is 2. The molecular weight excluding hydrogens is 393 g/mol. The number of aromatic nitrogens is 2. The molecule has 158 valence electrons. The molecule has 6 nitrogen and oxygen atoms in total. The summed E-state index contributed by atoms with van der Waals surface area (Å²) in [6.45, 7) is 3.16. The van der Waals surface area contributed by atoms with E-state index in [2.05, 4.69) is 27.4 Å². The summed E-state index contributed by atoms with van der Waals surface area (Å²) in [5, 5.41) is 12.5. The third-order valence-corrected chi connectivity index (χ3v) is 5.63. The number of halogens is 1. The quantitative estimate of drug-likeness (QED) is 0.628. The van der Waals surface area contributed by atoms with Crippen LogP contribution in [0.15, 0.2) is 54.2 Å². The van der Waals surface area contributed by atoms with E-state index in [1.165, 1.54) is 12.1 Å². The number of hydrogen-bond donors (Lipinski definition) is 2. The van der Waals surface area contributed by atoms with E-state index in [1.807, 2.05) is 11.8 Å². The van der Waals surface area contributed by atoms with Crippen LogP contribution in [0.5, 0.6) is 0 Å². The van der Waals surface area contributed by atoms with Crippen LogP contribution >= 0.6 is 0 Å². The zero-order chi connectivity index (χ0) is 21.8. The Labute approximate surface area is 180 Å². The highest BCUT2D eigenvalue weighted by Gasteiger charge is 2.28. The van der Waals surface area contributed by atoms with E-state index in [0.29, 0.717) is 35.5 Å². The van der Waals surface area contributed by atoms with Gasteiger partial charge < -0.3 is 15.2 Å². The van der Waals surface area contributed by atoms with E-state index in [-0.39, 0.29) is 17.8 Å². The molecule has 7 heteroatoms. The van der Waals surface area contributed by atoms with Crippen molar-refractivity contribution in [2.75, 3.05) is 6.54 Å². The molecule has 0 bridgehead atoms. The molecule has 1 aliphatic carbocycles. The van der Waals surface area contributed by atoms with Gasteiger partial charge in [0.2, 0.25) is 0 Å². The number of benzene rings is 2. The molecule has 1 amide bonds. The summed E-state index contributed by atoms with van der Waals surface area (Å²) in [5.41, 5.74) is 3.98. The molecule has 2 N–H and O–H groups in total. The third kappa shape index (κ3) is 4.58. The minimum Gasteiger partial charge on any atom is -0.384 e. The molecule has 3 aromatic rings. The number of nitrogens with zero attached hydrogens (tertiary/aromatic N) is 3. The van der Waals surface area contributed by atoms with E-state index in [4.69, 9.17) is 5.26 Å². The summed E-state index contributed by atoms with van der Waals surface area (Å²) in [5.74, 6) is -0.0865. The SMILES string of the molecule is CCN(C(=O)c1nc2ccc(C#N)cc2[nH]1)[C@H]1CCC=C(NCc2ccc(F)cc2)C1. The second-order valence-corrected chi connectivity index (χ2v) is 7.66. The summed E-state index contributed by atoms with van der Waals surface area (Å²) >= 11 is 0. The molecule has 0 fully saturated rings. The first kappa shape index (κ1) is 20.6. The Bertz CT molecular complexity index is 1160. The Hall–Kier alpha value is -3.66. The third-order valence-electron chi connectivity index (χ3n) is 5.63. The van der Waals surface area contributed by atoms with Crippen LogP contribution in [0.25, 0.3) is 11.0 Å². The molecule has 0 aliphatic heterocycles. The summed E-state index contributed by atoms with van der Waals surface area (Å²) in [4.78, 5) is 22.6. The molecule has 2 aromatic carbocycles. The number of hydrogen-bond acceptors (Lipinski definition) is 4. The van der Waals surface area contributed by atoms with E-state index >= 15 is 0 Å². The van der Waals surface area contributed by atoms with Crippen molar-refractivity contribution in [1.29, 1.82) is 5.26 Å². The maximum Gasteiger partial charge on any atom is 0.289 e. The highest BCUT2D eigenvalue weighted by Crippen LogP contribution is 2.24. The topological polar surface area (TPSA) is 84.8 Å². The molecule has 1 aromatic heterocycles. The average molecular weight is 417 g/mol. The zero-order valence-electron chi connectivity index (χ0n) is 17.4. The Morgan fingerprint density at radius 1 is 1.32 bits per heavy atom. The van der Waals surface area contributed by atoms with E-state index < -0.39 is 0 Å². The first-order chi connectivity index (χ1) is 15.1. The molecule has 31 heavy (non-hydrogen) atoms. The lowest BCUT2D eigenvalue weighted by molar-refractivity contribution is 0.0663. The van der Waals surface area contributed by atoms with Gasteiger partial charge in [-0.1, -0.05) is 18.2 Å². The monoisotopic (exact) mass is 417 g/mol. The van der Waals surface area contributed by atoms with Gasteiger partial charge in [-0.15, -0.1) is 0 Å². The maximum atomic E-state index is 13.2. The normalized spacial score (nSPS) is 15.9. The lowest BCUT2D eigenvalue weighted by Gasteiger charge is -2.33. The van der Waals surface area contributed by atoms with Gasteiger partial charge in [0.1, 0.15) is 5.82 Å². The fourth-order valence-electron chi connectivity index (χ4n) is 4.00. The predicted molar refractivity (Wildman–Crippen MR) is 116 cm³/mol. The van der Waals surface area contributed by atoms with E-state index in [1.54, 1.807) is 30.3 Å². The minimum atomic E-state index is -0.243. The molecule has 1 heterocycles. The summed E-state index contributed by atoms with van der Waals surface area (Å²) < 4.78 is 13.1. The van der Waals surface area contributed by atoms with Crippen molar-refractivity contribution in [1.82, 2.24) is 20.2 Å². The van der Waals surface area contributed by atoms with Gasteiger partial charge in [0.25, 0.3) is 5.91 Å². The van der Waals surface area contributed by atoms with E-state index in [0.717, 1.165) is 30.5 Å². The molecule has 0 spiro atoms. The largest absolute Gasteiger partial charge is 0.384 e.